The molecule has 4 unspecified atom stereocenters. The standard InChI is InChI=1S/C12H15N5O/c13-10-7(4-16-12(15)17-10)8-5-1-2-6(3-5)9(8)11(14)18/h1-2,4-6,8-9H,3H2,(H2,14,18)(H4,13,15,16,17). The van der Waals surface area contributed by atoms with Crippen LogP contribution in [0, 0.1) is 17.8 Å². The summed E-state index contributed by atoms with van der Waals surface area (Å²) in [6.07, 6.45) is 6.77. The normalized spacial score (nSPS) is 32.9. The van der Waals surface area contributed by atoms with Crippen LogP contribution in [-0.4, -0.2) is 15.9 Å². The number of carbonyl (C=O) groups excluding carboxylic acids is 1. The molecule has 1 saturated carbocycles. The van der Waals surface area contributed by atoms with Crippen LogP contribution in [0.5, 0.6) is 0 Å². The molecule has 1 aromatic heterocycles. The van der Waals surface area contributed by atoms with E-state index in [0.717, 1.165) is 12.0 Å². The Hall–Kier alpha value is -2.11. The molecule has 1 fully saturated rings. The molecule has 1 amide bonds. The van der Waals surface area contributed by atoms with Gasteiger partial charge in [-0.05, 0) is 18.3 Å². The van der Waals surface area contributed by atoms with Crippen LogP contribution < -0.4 is 17.2 Å². The highest BCUT2D eigenvalue weighted by atomic mass is 16.1. The van der Waals surface area contributed by atoms with Crippen molar-refractivity contribution in [1.29, 1.82) is 0 Å². The highest BCUT2D eigenvalue weighted by molar-refractivity contribution is 5.80. The minimum absolute atomic E-state index is 0.0156. The molecule has 0 spiro atoms. The van der Waals surface area contributed by atoms with Crippen LogP contribution in [0.25, 0.3) is 0 Å². The molecule has 6 N–H and O–H groups in total. The van der Waals surface area contributed by atoms with Gasteiger partial charge in [-0.3, -0.25) is 4.79 Å². The van der Waals surface area contributed by atoms with Gasteiger partial charge in [0.05, 0.1) is 5.92 Å². The average Bonchev–Trinajstić information content (AvgIpc) is 2.88. The molecule has 0 aromatic carbocycles. The van der Waals surface area contributed by atoms with Crippen LogP contribution in [0.3, 0.4) is 0 Å². The molecule has 0 saturated heterocycles. The van der Waals surface area contributed by atoms with E-state index < -0.39 is 0 Å². The molecule has 1 aromatic rings. The van der Waals surface area contributed by atoms with Crippen LogP contribution in [0.4, 0.5) is 11.8 Å². The third kappa shape index (κ3) is 1.45. The van der Waals surface area contributed by atoms with Gasteiger partial charge in [0.25, 0.3) is 0 Å². The van der Waals surface area contributed by atoms with E-state index in [1.54, 1.807) is 6.20 Å². The van der Waals surface area contributed by atoms with Gasteiger partial charge in [0.1, 0.15) is 5.82 Å². The third-order valence-electron chi connectivity index (χ3n) is 4.01. The first-order valence-corrected chi connectivity index (χ1v) is 5.93. The lowest BCUT2D eigenvalue weighted by Gasteiger charge is -2.26. The summed E-state index contributed by atoms with van der Waals surface area (Å²) in [4.78, 5) is 19.6. The van der Waals surface area contributed by atoms with E-state index in [0.29, 0.717) is 11.7 Å². The predicted molar refractivity (Wildman–Crippen MR) is 67.0 cm³/mol. The number of hydrogen-bond acceptors (Lipinski definition) is 5. The Balaban J connectivity index is 2.05. The SMILES string of the molecule is NC(=O)C1C2C=CC(C2)C1c1cnc(N)nc1N. The number of rotatable bonds is 2. The summed E-state index contributed by atoms with van der Waals surface area (Å²) in [6.45, 7) is 0. The number of carbonyl (C=O) groups is 1. The third-order valence-corrected chi connectivity index (χ3v) is 4.01. The molecule has 1 heterocycles. The van der Waals surface area contributed by atoms with E-state index in [9.17, 15) is 4.79 Å². The number of nitrogens with zero attached hydrogens (tertiary/aromatic N) is 2. The fraction of sp³-hybridized carbons (Fsp3) is 0.417. The maximum Gasteiger partial charge on any atom is 0.221 e. The zero-order valence-electron chi connectivity index (χ0n) is 9.78. The quantitative estimate of drug-likeness (QED) is 0.635. The van der Waals surface area contributed by atoms with Gasteiger partial charge in [-0.15, -0.1) is 0 Å². The molecule has 2 aliphatic rings. The lowest BCUT2D eigenvalue weighted by Crippen LogP contribution is -2.32. The number of fused-ring (bicyclic) bond motifs is 2. The van der Waals surface area contributed by atoms with Crippen molar-refractivity contribution in [2.24, 2.45) is 23.5 Å². The number of anilines is 2. The van der Waals surface area contributed by atoms with Crippen molar-refractivity contribution in [1.82, 2.24) is 9.97 Å². The Labute approximate surface area is 104 Å². The van der Waals surface area contributed by atoms with Crippen molar-refractivity contribution in [3.05, 3.63) is 23.9 Å². The monoisotopic (exact) mass is 245 g/mol. The zero-order chi connectivity index (χ0) is 12.9. The van der Waals surface area contributed by atoms with Crippen LogP contribution in [0.1, 0.15) is 17.9 Å². The van der Waals surface area contributed by atoms with E-state index >= 15 is 0 Å². The predicted octanol–water partition coefficient (Wildman–Crippen LogP) is 0.0320. The minimum atomic E-state index is -0.284. The van der Waals surface area contributed by atoms with E-state index in [1.807, 2.05) is 0 Å². The van der Waals surface area contributed by atoms with Crippen molar-refractivity contribution in [2.75, 3.05) is 11.5 Å². The van der Waals surface area contributed by atoms with E-state index in [-0.39, 0.29) is 29.6 Å². The van der Waals surface area contributed by atoms with Crippen LogP contribution in [0.2, 0.25) is 0 Å². The molecule has 18 heavy (non-hydrogen) atoms. The van der Waals surface area contributed by atoms with Crippen molar-refractivity contribution in [3.8, 4) is 0 Å². The highest BCUT2D eigenvalue weighted by Crippen LogP contribution is 2.53. The van der Waals surface area contributed by atoms with Crippen molar-refractivity contribution >= 4 is 17.7 Å². The smallest absolute Gasteiger partial charge is 0.221 e. The van der Waals surface area contributed by atoms with Gasteiger partial charge in [0.2, 0.25) is 11.9 Å². The van der Waals surface area contributed by atoms with Gasteiger partial charge >= 0.3 is 0 Å². The number of amides is 1. The number of aromatic nitrogens is 2. The molecule has 94 valence electrons. The Morgan fingerprint density at radius 1 is 1.28 bits per heavy atom. The topological polar surface area (TPSA) is 121 Å². The van der Waals surface area contributed by atoms with Crippen molar-refractivity contribution in [2.45, 2.75) is 12.3 Å². The van der Waals surface area contributed by atoms with Gasteiger partial charge in [0.15, 0.2) is 0 Å². The first kappa shape index (κ1) is 11.0. The Morgan fingerprint density at radius 3 is 2.67 bits per heavy atom. The van der Waals surface area contributed by atoms with E-state index in [4.69, 9.17) is 17.2 Å². The molecule has 6 heteroatoms. The molecule has 0 radical (unpaired) electrons. The van der Waals surface area contributed by atoms with E-state index in [1.165, 1.54) is 0 Å². The van der Waals surface area contributed by atoms with Crippen LogP contribution >= 0.6 is 0 Å². The summed E-state index contributed by atoms with van der Waals surface area (Å²) in [5.74, 6) is 0.488. The number of primary amides is 1. The lowest BCUT2D eigenvalue weighted by molar-refractivity contribution is -0.123. The molecule has 4 atom stereocenters. The first-order chi connectivity index (χ1) is 8.58. The molecule has 2 aliphatic carbocycles. The van der Waals surface area contributed by atoms with Crippen LogP contribution in [-0.2, 0) is 4.79 Å². The fourth-order valence-electron chi connectivity index (χ4n) is 3.31. The molecule has 6 nitrogen and oxygen atoms in total. The molecule has 2 bridgehead atoms. The maximum atomic E-state index is 11.6. The summed E-state index contributed by atoms with van der Waals surface area (Å²) >= 11 is 0. The van der Waals surface area contributed by atoms with Crippen molar-refractivity contribution in [3.63, 3.8) is 0 Å². The Morgan fingerprint density at radius 2 is 2.00 bits per heavy atom. The largest absolute Gasteiger partial charge is 0.383 e. The molecular weight excluding hydrogens is 230 g/mol. The Bertz CT molecular complexity index is 541. The average molecular weight is 245 g/mol. The van der Waals surface area contributed by atoms with Gasteiger partial charge in [-0.25, -0.2) is 4.98 Å². The Kier molecular flexibility index (Phi) is 2.26. The van der Waals surface area contributed by atoms with Crippen molar-refractivity contribution < 1.29 is 4.79 Å². The number of hydrogen-bond donors (Lipinski definition) is 3. The first-order valence-electron chi connectivity index (χ1n) is 5.93. The number of allylic oxidation sites excluding steroid dienone is 2. The maximum absolute atomic E-state index is 11.6. The summed E-state index contributed by atoms with van der Waals surface area (Å²) in [6, 6.07) is 0. The second-order valence-corrected chi connectivity index (χ2v) is 4.97. The van der Waals surface area contributed by atoms with Gasteiger partial charge in [-0.2, -0.15) is 4.98 Å². The molecular formula is C12H15N5O. The summed E-state index contributed by atoms with van der Waals surface area (Å²) in [5, 5.41) is 0. The zero-order valence-corrected chi connectivity index (χ0v) is 9.78. The summed E-state index contributed by atoms with van der Waals surface area (Å²) in [7, 11) is 0. The second kappa shape index (κ2) is 3.69. The van der Waals surface area contributed by atoms with Gasteiger partial charge in [-0.1, -0.05) is 12.2 Å². The summed E-state index contributed by atoms with van der Waals surface area (Å²) in [5.41, 5.74) is 17.7. The number of nitrogens with two attached hydrogens (primary N) is 3. The van der Waals surface area contributed by atoms with E-state index in [2.05, 4.69) is 22.1 Å². The molecule has 0 aliphatic heterocycles. The fourth-order valence-corrected chi connectivity index (χ4v) is 3.31. The van der Waals surface area contributed by atoms with Gasteiger partial charge < -0.3 is 17.2 Å². The molecule has 3 rings (SSSR count). The van der Waals surface area contributed by atoms with Gasteiger partial charge in [0, 0.05) is 17.7 Å². The highest BCUT2D eigenvalue weighted by Gasteiger charge is 2.48. The number of nitrogen functional groups attached to an aromatic ring is 2. The second-order valence-electron chi connectivity index (χ2n) is 4.97. The van der Waals surface area contributed by atoms with Crippen LogP contribution in [0.15, 0.2) is 18.3 Å². The summed E-state index contributed by atoms with van der Waals surface area (Å²) < 4.78 is 0. The minimum Gasteiger partial charge on any atom is -0.383 e. The lowest BCUT2D eigenvalue weighted by atomic mass is 9.78.